The number of ether oxygens (including phenoxy) is 3. The molecule has 8 heteroatoms. The smallest absolute Gasteiger partial charge is 0.307 e. The quantitative estimate of drug-likeness (QED) is 0.629. The summed E-state index contributed by atoms with van der Waals surface area (Å²) in [5.41, 5.74) is 2.39. The van der Waals surface area contributed by atoms with Crippen LogP contribution in [-0.4, -0.2) is 49.8 Å². The Morgan fingerprint density at radius 1 is 1.39 bits per heavy atom. The van der Waals surface area contributed by atoms with E-state index in [1.807, 2.05) is 23.6 Å². The molecule has 1 aromatic carbocycles. The number of fused-ring (bicyclic) bond motifs is 1. The number of hydrogen-bond donors (Lipinski definition) is 0. The van der Waals surface area contributed by atoms with Crippen LogP contribution < -0.4 is 9.64 Å². The van der Waals surface area contributed by atoms with Gasteiger partial charge in [-0.2, -0.15) is 0 Å². The van der Waals surface area contributed by atoms with Gasteiger partial charge in [-0.25, -0.2) is 4.98 Å². The van der Waals surface area contributed by atoms with E-state index in [1.54, 1.807) is 37.2 Å². The van der Waals surface area contributed by atoms with Gasteiger partial charge in [0, 0.05) is 31.0 Å². The van der Waals surface area contributed by atoms with Crippen LogP contribution in [0.25, 0.3) is 11.3 Å². The standard InChI is InChI=1S/C20H24N2O5S/c1-4-26-19(23)7-9-22-16-11-14(5-6-17(16)27-13(2)20(22)24)15-12-28-18(21-15)8-10-25-3/h5-6,11-13H,4,7-10H2,1-3H3. The second-order valence-corrected chi connectivity index (χ2v) is 7.30. The predicted octanol–water partition coefficient (Wildman–Crippen LogP) is 3.07. The van der Waals surface area contributed by atoms with Crippen molar-refractivity contribution >= 4 is 28.9 Å². The van der Waals surface area contributed by atoms with Crippen LogP contribution in [0.1, 0.15) is 25.3 Å². The molecule has 1 amide bonds. The highest BCUT2D eigenvalue weighted by Crippen LogP contribution is 2.38. The molecule has 0 radical (unpaired) electrons. The number of esters is 1. The molecule has 2 heterocycles. The van der Waals surface area contributed by atoms with Crippen LogP contribution >= 0.6 is 11.3 Å². The first-order chi connectivity index (χ1) is 13.5. The van der Waals surface area contributed by atoms with Crippen molar-refractivity contribution in [3.05, 3.63) is 28.6 Å². The lowest BCUT2D eigenvalue weighted by atomic mass is 10.1. The third-order valence-corrected chi connectivity index (χ3v) is 5.29. The highest BCUT2D eigenvalue weighted by Gasteiger charge is 2.32. The molecule has 0 saturated carbocycles. The van der Waals surface area contributed by atoms with Crippen LogP contribution in [0.5, 0.6) is 5.75 Å². The molecule has 0 N–H and O–H groups in total. The van der Waals surface area contributed by atoms with E-state index in [4.69, 9.17) is 14.2 Å². The summed E-state index contributed by atoms with van der Waals surface area (Å²) in [6.07, 6.45) is 0.297. The first-order valence-electron chi connectivity index (χ1n) is 9.25. The van der Waals surface area contributed by atoms with Crippen molar-refractivity contribution < 1.29 is 23.8 Å². The second-order valence-electron chi connectivity index (χ2n) is 6.36. The summed E-state index contributed by atoms with van der Waals surface area (Å²) in [6, 6.07) is 5.67. The van der Waals surface area contributed by atoms with Gasteiger partial charge in [-0.15, -0.1) is 11.3 Å². The van der Waals surface area contributed by atoms with Crippen molar-refractivity contribution in [2.24, 2.45) is 0 Å². The number of carbonyl (C=O) groups excluding carboxylic acids is 2. The van der Waals surface area contributed by atoms with E-state index < -0.39 is 6.10 Å². The van der Waals surface area contributed by atoms with Crippen LogP contribution in [0.3, 0.4) is 0 Å². The zero-order chi connectivity index (χ0) is 20.1. The number of benzene rings is 1. The molecule has 0 fully saturated rings. The van der Waals surface area contributed by atoms with Gasteiger partial charge in [-0.3, -0.25) is 9.59 Å². The average molecular weight is 404 g/mol. The van der Waals surface area contributed by atoms with Crippen LogP contribution in [0.4, 0.5) is 5.69 Å². The maximum Gasteiger partial charge on any atom is 0.307 e. The Kier molecular flexibility index (Phi) is 6.64. The Balaban J connectivity index is 1.85. The highest BCUT2D eigenvalue weighted by atomic mass is 32.1. The summed E-state index contributed by atoms with van der Waals surface area (Å²) < 4.78 is 15.8. The van der Waals surface area contributed by atoms with Crippen molar-refractivity contribution in [3.8, 4) is 17.0 Å². The monoisotopic (exact) mass is 404 g/mol. The minimum absolute atomic E-state index is 0.133. The maximum absolute atomic E-state index is 12.6. The van der Waals surface area contributed by atoms with Crippen LogP contribution in [0.15, 0.2) is 23.6 Å². The third-order valence-electron chi connectivity index (χ3n) is 4.38. The molecule has 0 spiro atoms. The Morgan fingerprint density at radius 2 is 2.21 bits per heavy atom. The Morgan fingerprint density at radius 3 is 2.96 bits per heavy atom. The van der Waals surface area contributed by atoms with E-state index >= 15 is 0 Å². The zero-order valence-corrected chi connectivity index (χ0v) is 17.1. The van der Waals surface area contributed by atoms with Gasteiger partial charge in [0.2, 0.25) is 0 Å². The molecule has 150 valence electrons. The first kappa shape index (κ1) is 20.3. The lowest BCUT2D eigenvalue weighted by molar-refractivity contribution is -0.142. The minimum Gasteiger partial charge on any atom is -0.479 e. The van der Waals surface area contributed by atoms with Gasteiger partial charge in [0.25, 0.3) is 5.91 Å². The van der Waals surface area contributed by atoms with Gasteiger partial charge >= 0.3 is 5.97 Å². The van der Waals surface area contributed by atoms with Crippen LogP contribution in [0, 0.1) is 0 Å². The SMILES string of the molecule is CCOC(=O)CCN1C(=O)C(C)Oc2ccc(-c3csc(CCOC)n3)cc21. The number of rotatable bonds is 8. The molecule has 0 bridgehead atoms. The van der Waals surface area contributed by atoms with Gasteiger partial charge in [0.15, 0.2) is 6.10 Å². The number of amides is 1. The van der Waals surface area contributed by atoms with Crippen molar-refractivity contribution in [2.45, 2.75) is 32.8 Å². The van der Waals surface area contributed by atoms with Gasteiger partial charge in [0.1, 0.15) is 5.75 Å². The predicted molar refractivity (Wildman–Crippen MR) is 107 cm³/mol. The van der Waals surface area contributed by atoms with E-state index in [-0.39, 0.29) is 24.8 Å². The fraction of sp³-hybridized carbons (Fsp3) is 0.450. The van der Waals surface area contributed by atoms with E-state index in [1.165, 1.54) is 0 Å². The molecule has 1 aliphatic heterocycles. The fourth-order valence-electron chi connectivity index (χ4n) is 2.98. The number of aromatic nitrogens is 1. The molecule has 0 aliphatic carbocycles. The van der Waals surface area contributed by atoms with E-state index in [2.05, 4.69) is 4.98 Å². The molecule has 2 aromatic rings. The average Bonchev–Trinajstić information content (AvgIpc) is 3.15. The third kappa shape index (κ3) is 4.51. The van der Waals surface area contributed by atoms with Gasteiger partial charge in [-0.1, -0.05) is 0 Å². The highest BCUT2D eigenvalue weighted by molar-refractivity contribution is 7.09. The molecule has 1 atom stereocenters. The summed E-state index contributed by atoms with van der Waals surface area (Å²) in [4.78, 5) is 30.6. The largest absolute Gasteiger partial charge is 0.479 e. The summed E-state index contributed by atoms with van der Waals surface area (Å²) in [5, 5.41) is 2.98. The molecular formula is C20H24N2O5S. The summed E-state index contributed by atoms with van der Waals surface area (Å²) in [7, 11) is 1.67. The molecule has 0 saturated heterocycles. The summed E-state index contributed by atoms with van der Waals surface area (Å²) >= 11 is 1.58. The number of anilines is 1. The normalized spacial score (nSPS) is 15.9. The van der Waals surface area contributed by atoms with Crippen molar-refractivity contribution in [2.75, 3.05) is 31.8 Å². The molecule has 28 heavy (non-hydrogen) atoms. The van der Waals surface area contributed by atoms with Crippen LogP contribution in [0.2, 0.25) is 0 Å². The summed E-state index contributed by atoms with van der Waals surface area (Å²) in [6.45, 7) is 4.66. The van der Waals surface area contributed by atoms with Gasteiger partial charge < -0.3 is 19.1 Å². The van der Waals surface area contributed by atoms with Crippen molar-refractivity contribution in [3.63, 3.8) is 0 Å². The topological polar surface area (TPSA) is 78.0 Å². The lowest BCUT2D eigenvalue weighted by Gasteiger charge is -2.33. The van der Waals surface area contributed by atoms with E-state index in [0.29, 0.717) is 24.7 Å². The molecule has 1 aliphatic rings. The molecule has 3 rings (SSSR count). The fourth-order valence-corrected chi connectivity index (χ4v) is 3.77. The van der Waals surface area contributed by atoms with E-state index in [0.717, 1.165) is 22.7 Å². The van der Waals surface area contributed by atoms with Crippen molar-refractivity contribution in [1.29, 1.82) is 0 Å². The molecule has 7 nitrogen and oxygen atoms in total. The number of thiazole rings is 1. The maximum atomic E-state index is 12.6. The number of hydrogen-bond acceptors (Lipinski definition) is 7. The summed E-state index contributed by atoms with van der Waals surface area (Å²) in [5.74, 6) is 0.122. The second kappa shape index (κ2) is 9.16. The number of nitrogens with zero attached hydrogens (tertiary/aromatic N) is 2. The Hall–Kier alpha value is -2.45. The molecule has 1 unspecified atom stereocenters. The molecule has 1 aromatic heterocycles. The Bertz CT molecular complexity index is 851. The van der Waals surface area contributed by atoms with E-state index in [9.17, 15) is 9.59 Å². The van der Waals surface area contributed by atoms with Crippen LogP contribution in [-0.2, 0) is 25.5 Å². The lowest BCUT2D eigenvalue weighted by Crippen LogP contribution is -2.45. The van der Waals surface area contributed by atoms with Gasteiger partial charge in [0.05, 0.1) is 36.0 Å². The first-order valence-corrected chi connectivity index (χ1v) is 10.1. The minimum atomic E-state index is -0.597. The van der Waals surface area contributed by atoms with Gasteiger partial charge in [-0.05, 0) is 32.0 Å². The Labute approximate surface area is 168 Å². The zero-order valence-electron chi connectivity index (χ0n) is 16.3. The number of methoxy groups -OCH3 is 1. The van der Waals surface area contributed by atoms with Crippen molar-refractivity contribution in [1.82, 2.24) is 4.98 Å². The molecular weight excluding hydrogens is 380 g/mol. The number of carbonyl (C=O) groups is 2.